The van der Waals surface area contributed by atoms with E-state index < -0.39 is 10.9 Å². The van der Waals surface area contributed by atoms with Crippen LogP contribution in [0.2, 0.25) is 0 Å². The van der Waals surface area contributed by atoms with Crippen molar-refractivity contribution in [2.45, 2.75) is 18.9 Å². The molecule has 0 bridgehead atoms. The van der Waals surface area contributed by atoms with Crippen molar-refractivity contribution >= 4 is 17.5 Å². The Morgan fingerprint density at radius 2 is 2.37 bits per heavy atom. The Morgan fingerprint density at radius 3 is 2.95 bits per heavy atom. The van der Waals surface area contributed by atoms with Crippen LogP contribution < -0.4 is 4.90 Å². The third-order valence-corrected chi connectivity index (χ3v) is 3.15. The highest BCUT2D eigenvalue weighted by Crippen LogP contribution is 2.28. The van der Waals surface area contributed by atoms with Crippen LogP contribution in [-0.4, -0.2) is 45.3 Å². The minimum Gasteiger partial charge on any atom is -0.478 e. The topological polar surface area (TPSA) is 117 Å². The highest BCUT2D eigenvalue weighted by molar-refractivity contribution is 5.94. The van der Waals surface area contributed by atoms with Crippen molar-refractivity contribution in [1.82, 2.24) is 4.98 Å². The molecule has 1 aromatic heterocycles. The van der Waals surface area contributed by atoms with Gasteiger partial charge in [0.1, 0.15) is 17.6 Å². The van der Waals surface area contributed by atoms with E-state index in [1.807, 2.05) is 0 Å². The first kappa shape index (κ1) is 13.2. The summed E-state index contributed by atoms with van der Waals surface area (Å²) in [6, 6.07) is 0.810. The molecular formula is C11H13N3O5. The van der Waals surface area contributed by atoms with Gasteiger partial charge in [-0.2, -0.15) is 0 Å². The van der Waals surface area contributed by atoms with Crippen LogP contribution in [0, 0.1) is 10.1 Å². The average Bonchev–Trinajstić information content (AvgIpc) is 2.85. The molecule has 1 unspecified atom stereocenters. The standard InChI is InChI=1S/C11H13N3O5/c15-6-7-2-1-3-13(7)10-9(11(16)17)4-8(5-12-10)14(18)19/h4-5,7,15H,1-3,6H2,(H,16,17). The maximum atomic E-state index is 11.2. The van der Waals surface area contributed by atoms with E-state index in [1.165, 1.54) is 0 Å². The molecule has 8 heteroatoms. The van der Waals surface area contributed by atoms with Crippen LogP contribution in [0.1, 0.15) is 23.2 Å². The average molecular weight is 267 g/mol. The Balaban J connectivity index is 2.45. The van der Waals surface area contributed by atoms with Crippen LogP contribution in [0.5, 0.6) is 0 Å². The number of carbonyl (C=O) groups is 1. The van der Waals surface area contributed by atoms with E-state index in [-0.39, 0.29) is 29.7 Å². The highest BCUT2D eigenvalue weighted by atomic mass is 16.6. The molecule has 19 heavy (non-hydrogen) atoms. The van der Waals surface area contributed by atoms with Gasteiger partial charge in [0.15, 0.2) is 0 Å². The number of aliphatic hydroxyl groups is 1. The lowest BCUT2D eigenvalue weighted by molar-refractivity contribution is -0.385. The summed E-state index contributed by atoms with van der Waals surface area (Å²) in [4.78, 5) is 26.7. The van der Waals surface area contributed by atoms with E-state index in [4.69, 9.17) is 5.11 Å². The summed E-state index contributed by atoms with van der Waals surface area (Å²) < 4.78 is 0. The number of carboxylic acids is 1. The van der Waals surface area contributed by atoms with Crippen molar-refractivity contribution in [3.05, 3.63) is 27.9 Å². The molecule has 1 aromatic rings. The van der Waals surface area contributed by atoms with Crippen LogP contribution in [0.4, 0.5) is 11.5 Å². The first-order chi connectivity index (χ1) is 9.04. The molecular weight excluding hydrogens is 254 g/mol. The molecule has 1 fully saturated rings. The number of nitro groups is 1. The van der Waals surface area contributed by atoms with Crippen molar-refractivity contribution in [2.24, 2.45) is 0 Å². The molecule has 0 saturated carbocycles. The maximum Gasteiger partial charge on any atom is 0.339 e. The SMILES string of the molecule is O=C(O)c1cc([N+](=O)[O-])cnc1N1CCCC1CO. The lowest BCUT2D eigenvalue weighted by Crippen LogP contribution is -2.34. The third-order valence-electron chi connectivity index (χ3n) is 3.15. The first-order valence-electron chi connectivity index (χ1n) is 5.80. The predicted octanol–water partition coefficient (Wildman–Crippen LogP) is 0.649. The fourth-order valence-corrected chi connectivity index (χ4v) is 2.24. The second-order valence-electron chi connectivity index (χ2n) is 4.30. The lowest BCUT2D eigenvalue weighted by atomic mass is 10.2. The number of hydrogen-bond donors (Lipinski definition) is 2. The number of nitrogens with zero attached hydrogens (tertiary/aromatic N) is 3. The van der Waals surface area contributed by atoms with E-state index in [0.717, 1.165) is 25.1 Å². The molecule has 2 heterocycles. The summed E-state index contributed by atoms with van der Waals surface area (Å²) in [6.07, 6.45) is 2.60. The molecule has 102 valence electrons. The predicted molar refractivity (Wildman–Crippen MR) is 65.3 cm³/mol. The second kappa shape index (κ2) is 5.19. The largest absolute Gasteiger partial charge is 0.478 e. The van der Waals surface area contributed by atoms with Gasteiger partial charge in [-0.05, 0) is 12.8 Å². The van der Waals surface area contributed by atoms with Crippen LogP contribution in [0.15, 0.2) is 12.3 Å². The number of aromatic nitrogens is 1. The number of anilines is 1. The van der Waals surface area contributed by atoms with E-state index in [0.29, 0.717) is 6.54 Å². The lowest BCUT2D eigenvalue weighted by Gasteiger charge is -2.25. The van der Waals surface area contributed by atoms with Crippen LogP contribution in [0.3, 0.4) is 0 Å². The molecule has 2 rings (SSSR count). The highest BCUT2D eigenvalue weighted by Gasteiger charge is 2.29. The van der Waals surface area contributed by atoms with Gasteiger partial charge in [-0.1, -0.05) is 0 Å². The summed E-state index contributed by atoms with van der Waals surface area (Å²) in [7, 11) is 0. The Bertz CT molecular complexity index is 519. The molecule has 0 amide bonds. The van der Waals surface area contributed by atoms with Crippen LogP contribution in [-0.2, 0) is 0 Å². The van der Waals surface area contributed by atoms with Gasteiger partial charge < -0.3 is 15.1 Å². The number of aromatic carboxylic acids is 1. The number of aliphatic hydroxyl groups excluding tert-OH is 1. The van der Waals surface area contributed by atoms with Crippen molar-refractivity contribution in [3.63, 3.8) is 0 Å². The molecule has 0 spiro atoms. The summed E-state index contributed by atoms with van der Waals surface area (Å²) >= 11 is 0. The van der Waals surface area contributed by atoms with E-state index in [1.54, 1.807) is 4.90 Å². The van der Waals surface area contributed by atoms with Gasteiger partial charge >= 0.3 is 5.97 Å². The number of pyridine rings is 1. The quantitative estimate of drug-likeness (QED) is 0.607. The van der Waals surface area contributed by atoms with E-state index in [9.17, 15) is 20.0 Å². The number of rotatable bonds is 4. The summed E-state index contributed by atoms with van der Waals surface area (Å²) in [5.74, 6) is -1.09. The molecule has 1 aliphatic rings. The smallest absolute Gasteiger partial charge is 0.339 e. The molecule has 8 nitrogen and oxygen atoms in total. The summed E-state index contributed by atoms with van der Waals surface area (Å²) in [6.45, 7) is 0.480. The Kier molecular flexibility index (Phi) is 3.61. The van der Waals surface area contributed by atoms with Crippen molar-refractivity contribution in [1.29, 1.82) is 0 Å². The molecule has 0 radical (unpaired) electrons. The van der Waals surface area contributed by atoms with Crippen LogP contribution in [0.25, 0.3) is 0 Å². The van der Waals surface area contributed by atoms with Crippen molar-refractivity contribution < 1.29 is 19.9 Å². The zero-order valence-electron chi connectivity index (χ0n) is 10.0. The monoisotopic (exact) mass is 267 g/mol. The molecule has 0 aliphatic carbocycles. The van der Waals surface area contributed by atoms with Gasteiger partial charge in [0.25, 0.3) is 5.69 Å². The Labute approximate surface area is 108 Å². The second-order valence-corrected chi connectivity index (χ2v) is 4.30. The minimum absolute atomic E-state index is 0.0995. The molecule has 1 atom stereocenters. The molecule has 0 aromatic carbocycles. The van der Waals surface area contributed by atoms with Gasteiger partial charge in [0.05, 0.1) is 17.6 Å². The van der Waals surface area contributed by atoms with Gasteiger partial charge in [-0.3, -0.25) is 10.1 Å². The maximum absolute atomic E-state index is 11.2. The third kappa shape index (κ3) is 2.48. The van der Waals surface area contributed by atoms with Gasteiger partial charge in [0.2, 0.25) is 0 Å². The number of hydrogen-bond acceptors (Lipinski definition) is 6. The minimum atomic E-state index is -1.27. The Morgan fingerprint density at radius 1 is 1.63 bits per heavy atom. The van der Waals surface area contributed by atoms with Gasteiger partial charge in [-0.15, -0.1) is 0 Å². The first-order valence-corrected chi connectivity index (χ1v) is 5.80. The van der Waals surface area contributed by atoms with Gasteiger partial charge in [0, 0.05) is 12.6 Å². The van der Waals surface area contributed by atoms with E-state index >= 15 is 0 Å². The fourth-order valence-electron chi connectivity index (χ4n) is 2.24. The Hall–Kier alpha value is -2.22. The molecule has 1 saturated heterocycles. The molecule has 2 N–H and O–H groups in total. The summed E-state index contributed by atoms with van der Waals surface area (Å²) in [5, 5.41) is 29.0. The van der Waals surface area contributed by atoms with Gasteiger partial charge in [-0.25, -0.2) is 9.78 Å². The normalized spacial score (nSPS) is 18.6. The number of carboxylic acid groups (broad SMARTS) is 1. The van der Waals surface area contributed by atoms with Crippen molar-refractivity contribution in [3.8, 4) is 0 Å². The van der Waals surface area contributed by atoms with E-state index in [2.05, 4.69) is 4.98 Å². The van der Waals surface area contributed by atoms with Crippen LogP contribution >= 0.6 is 0 Å². The zero-order valence-corrected chi connectivity index (χ0v) is 10.0. The summed E-state index contributed by atoms with van der Waals surface area (Å²) in [5.41, 5.74) is -0.574. The fraction of sp³-hybridized carbons (Fsp3) is 0.455. The van der Waals surface area contributed by atoms with Crippen molar-refractivity contribution in [2.75, 3.05) is 18.1 Å². The zero-order chi connectivity index (χ0) is 14.0. The molecule has 1 aliphatic heterocycles.